The first-order valence-corrected chi connectivity index (χ1v) is 11.8. The lowest BCUT2D eigenvalue weighted by Crippen LogP contribution is -2.30. The van der Waals surface area contributed by atoms with Crippen LogP contribution in [0.2, 0.25) is 0 Å². The van der Waals surface area contributed by atoms with Gasteiger partial charge in [-0.3, -0.25) is 4.79 Å². The Morgan fingerprint density at radius 3 is 2.38 bits per heavy atom. The lowest BCUT2D eigenvalue weighted by molar-refractivity contribution is 0.0677. The molecule has 0 radical (unpaired) electrons. The zero-order chi connectivity index (χ0) is 22.7. The molecule has 0 saturated carbocycles. The molecular formula is C23H17BrFNO5S. The van der Waals surface area contributed by atoms with E-state index in [1.54, 1.807) is 42.5 Å². The van der Waals surface area contributed by atoms with Crippen molar-refractivity contribution in [3.05, 3.63) is 106 Å². The Kier molecular flexibility index (Phi) is 6.29. The average Bonchev–Trinajstić information content (AvgIpc) is 3.47. The third-order valence-electron chi connectivity index (χ3n) is 4.71. The summed E-state index contributed by atoms with van der Waals surface area (Å²) in [5.74, 6) is -0.739. The van der Waals surface area contributed by atoms with E-state index < -0.39 is 21.6 Å². The highest BCUT2D eigenvalue weighted by molar-refractivity contribution is 9.10. The Labute approximate surface area is 192 Å². The molecule has 0 spiro atoms. The molecule has 0 unspecified atom stereocenters. The molecule has 32 heavy (non-hydrogen) atoms. The monoisotopic (exact) mass is 517 g/mol. The van der Waals surface area contributed by atoms with Crippen molar-refractivity contribution in [2.24, 2.45) is 0 Å². The average molecular weight is 518 g/mol. The van der Waals surface area contributed by atoms with Crippen molar-refractivity contribution in [3.63, 3.8) is 0 Å². The number of halogens is 2. The standard InChI is InChI=1S/C23H17BrFNO5S/c24-17-7-9-19(10-8-17)32(28,29)22-12-11-21(31-22)23(27)26(15-18-5-3-13-30-18)14-16-4-1-2-6-20(16)25/h1-13H,14-15H2. The second kappa shape index (κ2) is 9.13. The number of sulfone groups is 1. The van der Waals surface area contributed by atoms with Crippen LogP contribution in [0, 0.1) is 5.82 Å². The predicted octanol–water partition coefficient (Wildman–Crippen LogP) is 5.45. The van der Waals surface area contributed by atoms with E-state index in [0.717, 1.165) is 4.47 Å². The number of hydrogen-bond acceptors (Lipinski definition) is 5. The molecule has 0 saturated heterocycles. The number of furan rings is 2. The molecule has 2 aromatic heterocycles. The lowest BCUT2D eigenvalue weighted by atomic mass is 10.2. The summed E-state index contributed by atoms with van der Waals surface area (Å²) in [7, 11) is -3.95. The quantitative estimate of drug-likeness (QED) is 0.325. The summed E-state index contributed by atoms with van der Waals surface area (Å²) in [5.41, 5.74) is 0.307. The van der Waals surface area contributed by atoms with Gasteiger partial charge in [0.15, 0.2) is 5.76 Å². The van der Waals surface area contributed by atoms with Crippen LogP contribution in [0.1, 0.15) is 21.9 Å². The summed E-state index contributed by atoms with van der Waals surface area (Å²) in [6, 6.07) is 18.1. The molecule has 4 rings (SSSR count). The molecular weight excluding hydrogens is 501 g/mol. The second-order valence-corrected chi connectivity index (χ2v) is 9.70. The molecule has 0 bridgehead atoms. The molecule has 4 aromatic rings. The van der Waals surface area contributed by atoms with Crippen LogP contribution < -0.4 is 0 Å². The molecule has 164 valence electrons. The van der Waals surface area contributed by atoms with Gasteiger partial charge in [-0.05, 0) is 54.6 Å². The van der Waals surface area contributed by atoms with Gasteiger partial charge in [-0.2, -0.15) is 0 Å². The number of carbonyl (C=O) groups is 1. The Hall–Kier alpha value is -3.17. The van der Waals surface area contributed by atoms with Crippen LogP contribution in [0.15, 0.2) is 102 Å². The largest absolute Gasteiger partial charge is 0.467 e. The van der Waals surface area contributed by atoms with E-state index in [0.29, 0.717) is 11.3 Å². The summed E-state index contributed by atoms with van der Waals surface area (Å²) < 4.78 is 51.4. The van der Waals surface area contributed by atoms with Gasteiger partial charge in [0.1, 0.15) is 11.6 Å². The number of nitrogens with zero attached hydrogens (tertiary/aromatic N) is 1. The van der Waals surface area contributed by atoms with Gasteiger partial charge in [-0.15, -0.1) is 0 Å². The van der Waals surface area contributed by atoms with E-state index in [1.807, 2.05) is 0 Å². The summed E-state index contributed by atoms with van der Waals surface area (Å²) in [6.45, 7) is -0.00261. The topological polar surface area (TPSA) is 80.7 Å². The predicted molar refractivity (Wildman–Crippen MR) is 117 cm³/mol. The summed E-state index contributed by atoms with van der Waals surface area (Å²) >= 11 is 3.26. The Bertz CT molecular complexity index is 1330. The maximum Gasteiger partial charge on any atom is 0.290 e. The van der Waals surface area contributed by atoms with Crippen molar-refractivity contribution in [2.45, 2.75) is 23.1 Å². The Morgan fingerprint density at radius 2 is 1.69 bits per heavy atom. The highest BCUT2D eigenvalue weighted by Gasteiger charge is 2.26. The first kappa shape index (κ1) is 22.0. The van der Waals surface area contributed by atoms with E-state index in [9.17, 15) is 17.6 Å². The fourth-order valence-corrected chi connectivity index (χ4v) is 4.53. The van der Waals surface area contributed by atoms with Crippen LogP contribution in [0.25, 0.3) is 0 Å². The number of benzene rings is 2. The maximum absolute atomic E-state index is 14.2. The van der Waals surface area contributed by atoms with Crippen molar-refractivity contribution in [1.29, 1.82) is 0 Å². The molecule has 0 aliphatic rings. The number of amides is 1. The number of carbonyl (C=O) groups excluding carboxylic acids is 1. The third-order valence-corrected chi connectivity index (χ3v) is 6.88. The highest BCUT2D eigenvalue weighted by atomic mass is 79.9. The van der Waals surface area contributed by atoms with Crippen LogP contribution in [0.3, 0.4) is 0 Å². The van der Waals surface area contributed by atoms with E-state index in [4.69, 9.17) is 8.83 Å². The van der Waals surface area contributed by atoms with E-state index in [-0.39, 0.29) is 28.8 Å². The minimum Gasteiger partial charge on any atom is -0.467 e. The fraction of sp³-hybridized carbons (Fsp3) is 0.0870. The van der Waals surface area contributed by atoms with Gasteiger partial charge in [0.2, 0.25) is 14.9 Å². The molecule has 0 atom stereocenters. The fourth-order valence-electron chi connectivity index (χ4n) is 3.09. The van der Waals surface area contributed by atoms with Gasteiger partial charge >= 0.3 is 0 Å². The molecule has 2 heterocycles. The molecule has 1 amide bonds. The number of hydrogen-bond donors (Lipinski definition) is 0. The van der Waals surface area contributed by atoms with Crippen molar-refractivity contribution in [1.82, 2.24) is 4.90 Å². The maximum atomic E-state index is 14.2. The minimum absolute atomic E-state index is 0.0350. The molecule has 0 aliphatic carbocycles. The molecule has 0 aliphatic heterocycles. The molecule has 0 N–H and O–H groups in total. The van der Waals surface area contributed by atoms with Gasteiger partial charge < -0.3 is 13.7 Å². The SMILES string of the molecule is O=C(c1ccc(S(=O)(=O)c2ccc(Br)cc2)o1)N(Cc1ccco1)Cc1ccccc1F. The van der Waals surface area contributed by atoms with Crippen LogP contribution in [0.4, 0.5) is 4.39 Å². The van der Waals surface area contributed by atoms with E-state index in [1.165, 1.54) is 41.5 Å². The molecule has 2 aromatic carbocycles. The van der Waals surface area contributed by atoms with Gasteiger partial charge in [0.05, 0.1) is 17.7 Å². The van der Waals surface area contributed by atoms with Gasteiger partial charge in [-0.25, -0.2) is 12.8 Å². The van der Waals surface area contributed by atoms with Crippen LogP contribution >= 0.6 is 15.9 Å². The smallest absolute Gasteiger partial charge is 0.290 e. The molecule has 0 fully saturated rings. The first-order valence-electron chi connectivity index (χ1n) is 9.50. The summed E-state index contributed by atoms with van der Waals surface area (Å²) in [4.78, 5) is 14.5. The first-order chi connectivity index (χ1) is 15.3. The Balaban J connectivity index is 1.63. The minimum atomic E-state index is -3.95. The van der Waals surface area contributed by atoms with Crippen LogP contribution in [-0.4, -0.2) is 19.2 Å². The highest BCUT2D eigenvalue weighted by Crippen LogP contribution is 2.26. The van der Waals surface area contributed by atoms with Crippen LogP contribution in [-0.2, 0) is 22.9 Å². The van der Waals surface area contributed by atoms with E-state index in [2.05, 4.69) is 15.9 Å². The van der Waals surface area contributed by atoms with Gasteiger partial charge in [0.25, 0.3) is 5.91 Å². The molecule has 9 heteroatoms. The van der Waals surface area contributed by atoms with Crippen molar-refractivity contribution in [3.8, 4) is 0 Å². The lowest BCUT2D eigenvalue weighted by Gasteiger charge is -2.21. The normalized spacial score (nSPS) is 11.4. The third kappa shape index (κ3) is 4.68. The zero-order valence-corrected chi connectivity index (χ0v) is 19.0. The second-order valence-electron chi connectivity index (χ2n) is 6.91. The molecule has 6 nitrogen and oxygen atoms in total. The Morgan fingerprint density at radius 1 is 0.938 bits per heavy atom. The van der Waals surface area contributed by atoms with Crippen molar-refractivity contribution in [2.75, 3.05) is 0 Å². The van der Waals surface area contributed by atoms with Crippen molar-refractivity contribution < 1.29 is 26.4 Å². The van der Waals surface area contributed by atoms with Crippen LogP contribution in [0.5, 0.6) is 0 Å². The van der Waals surface area contributed by atoms with E-state index >= 15 is 0 Å². The van der Waals surface area contributed by atoms with Crippen molar-refractivity contribution >= 4 is 31.7 Å². The number of rotatable bonds is 7. The summed E-state index contributed by atoms with van der Waals surface area (Å²) in [6.07, 6.45) is 1.47. The summed E-state index contributed by atoms with van der Waals surface area (Å²) in [5, 5.41) is -0.355. The zero-order valence-electron chi connectivity index (χ0n) is 16.6. The van der Waals surface area contributed by atoms with Gasteiger partial charge in [0, 0.05) is 16.6 Å². The van der Waals surface area contributed by atoms with Gasteiger partial charge in [-0.1, -0.05) is 34.1 Å².